The normalized spacial score (nSPS) is 40.8. The molecule has 1 fully saturated rings. The second-order valence-electron chi connectivity index (χ2n) is 2.53. The fourth-order valence-electron chi connectivity index (χ4n) is 1.10. The van der Waals surface area contributed by atoms with E-state index < -0.39 is 10.8 Å². The van der Waals surface area contributed by atoms with Gasteiger partial charge in [-0.15, -0.1) is 0 Å². The van der Waals surface area contributed by atoms with Crippen LogP contribution in [0.25, 0.3) is 0 Å². The second-order valence-corrected chi connectivity index (χ2v) is 4.79. The molecule has 1 saturated heterocycles. The van der Waals surface area contributed by atoms with Crippen molar-refractivity contribution in [2.24, 2.45) is 0 Å². The Balaban J connectivity index is 2.57. The smallest absolute Gasteiger partial charge is 0.0322 e. The summed E-state index contributed by atoms with van der Waals surface area (Å²) < 4.78 is 11.0. The van der Waals surface area contributed by atoms with Crippen molar-refractivity contribution < 1.29 is 4.21 Å². The minimum Gasteiger partial charge on any atom is -0.259 e. The van der Waals surface area contributed by atoms with E-state index in [-0.39, 0.29) is 0 Å². The first-order valence-electron chi connectivity index (χ1n) is 3.11. The zero-order chi connectivity index (χ0) is 6.15. The van der Waals surface area contributed by atoms with Crippen molar-refractivity contribution in [1.82, 2.24) is 0 Å². The lowest BCUT2D eigenvalue weighted by Gasteiger charge is -1.98. The molecule has 0 aromatic rings. The molecule has 0 aromatic carbocycles. The van der Waals surface area contributed by atoms with Crippen molar-refractivity contribution >= 4 is 10.8 Å². The zero-order valence-corrected chi connectivity index (χ0v) is 6.20. The van der Waals surface area contributed by atoms with Gasteiger partial charge in [-0.25, -0.2) is 0 Å². The Kier molecular flexibility index (Phi) is 1.71. The molecule has 0 N–H and O–H groups in total. The largest absolute Gasteiger partial charge is 0.259 e. The van der Waals surface area contributed by atoms with Gasteiger partial charge in [-0.3, -0.25) is 4.21 Å². The third kappa shape index (κ3) is 0.943. The summed E-state index contributed by atoms with van der Waals surface area (Å²) >= 11 is 0. The van der Waals surface area contributed by atoms with E-state index >= 15 is 0 Å². The van der Waals surface area contributed by atoms with Crippen LogP contribution in [0.15, 0.2) is 0 Å². The van der Waals surface area contributed by atoms with Crippen molar-refractivity contribution in [2.75, 3.05) is 0 Å². The van der Waals surface area contributed by atoms with Gasteiger partial charge in [0.15, 0.2) is 0 Å². The molecular formula is C6H12OS. The second kappa shape index (κ2) is 2.18. The molecule has 1 aliphatic heterocycles. The topological polar surface area (TPSA) is 17.1 Å². The highest BCUT2D eigenvalue weighted by Gasteiger charge is 2.25. The molecule has 2 heteroatoms. The summed E-state index contributed by atoms with van der Waals surface area (Å²) in [7, 11) is -0.512. The quantitative estimate of drug-likeness (QED) is 0.485. The van der Waals surface area contributed by atoms with Crippen LogP contribution in [0, 0.1) is 0 Å². The Morgan fingerprint density at radius 1 is 1.25 bits per heavy atom. The summed E-state index contributed by atoms with van der Waals surface area (Å²) in [5.41, 5.74) is 0. The maximum atomic E-state index is 11.0. The predicted octanol–water partition coefficient (Wildman–Crippen LogP) is 1.31. The molecule has 1 heterocycles. The standard InChI is InChI=1S/C6H12OS/c1-5-3-4-6(2)8(5)7/h5-6H,3-4H2,1-2H3/t5-,6-/m1/s1. The van der Waals surface area contributed by atoms with Crippen LogP contribution in [0.2, 0.25) is 0 Å². The summed E-state index contributed by atoms with van der Waals surface area (Å²) in [5.74, 6) is 0. The van der Waals surface area contributed by atoms with Gasteiger partial charge < -0.3 is 0 Å². The third-order valence-corrected chi connectivity index (χ3v) is 3.83. The predicted molar refractivity (Wildman–Crippen MR) is 36.3 cm³/mol. The van der Waals surface area contributed by atoms with Gasteiger partial charge in [-0.2, -0.15) is 0 Å². The van der Waals surface area contributed by atoms with Gasteiger partial charge >= 0.3 is 0 Å². The fourth-order valence-corrected chi connectivity index (χ4v) is 2.63. The summed E-state index contributed by atoms with van der Waals surface area (Å²) in [6.45, 7) is 4.14. The van der Waals surface area contributed by atoms with Crippen LogP contribution in [-0.2, 0) is 10.8 Å². The fraction of sp³-hybridized carbons (Fsp3) is 1.00. The van der Waals surface area contributed by atoms with Gasteiger partial charge in [0.2, 0.25) is 0 Å². The first kappa shape index (κ1) is 6.27. The molecule has 1 rings (SSSR count). The van der Waals surface area contributed by atoms with E-state index in [0.29, 0.717) is 10.5 Å². The van der Waals surface area contributed by atoms with Crippen molar-refractivity contribution in [2.45, 2.75) is 37.2 Å². The van der Waals surface area contributed by atoms with E-state index in [1.54, 1.807) is 0 Å². The monoisotopic (exact) mass is 132 g/mol. The minimum absolute atomic E-state index is 0.463. The van der Waals surface area contributed by atoms with Crippen LogP contribution in [0.3, 0.4) is 0 Å². The van der Waals surface area contributed by atoms with Gasteiger partial charge in [0.25, 0.3) is 0 Å². The SMILES string of the molecule is C[C@@H]1CC[C@@H](C)S1=O. The molecule has 0 unspecified atom stereocenters. The number of hydrogen-bond acceptors (Lipinski definition) is 1. The maximum Gasteiger partial charge on any atom is 0.0322 e. The molecule has 0 bridgehead atoms. The van der Waals surface area contributed by atoms with Crippen molar-refractivity contribution in [3.63, 3.8) is 0 Å². The Morgan fingerprint density at radius 3 is 1.75 bits per heavy atom. The molecule has 0 radical (unpaired) electrons. The molecular weight excluding hydrogens is 120 g/mol. The summed E-state index contributed by atoms with van der Waals surface area (Å²) in [6.07, 6.45) is 2.32. The van der Waals surface area contributed by atoms with Crippen LogP contribution in [0.4, 0.5) is 0 Å². The molecule has 48 valence electrons. The van der Waals surface area contributed by atoms with Crippen LogP contribution in [0.5, 0.6) is 0 Å². The molecule has 0 aliphatic carbocycles. The Hall–Kier alpha value is 0.150. The van der Waals surface area contributed by atoms with Crippen LogP contribution < -0.4 is 0 Å². The average Bonchev–Trinajstić information content (AvgIpc) is 1.98. The number of rotatable bonds is 0. The summed E-state index contributed by atoms with van der Waals surface area (Å²) in [6, 6.07) is 0. The molecule has 2 atom stereocenters. The van der Waals surface area contributed by atoms with Crippen molar-refractivity contribution in [1.29, 1.82) is 0 Å². The van der Waals surface area contributed by atoms with Crippen LogP contribution in [0.1, 0.15) is 26.7 Å². The highest BCUT2D eigenvalue weighted by molar-refractivity contribution is 7.86. The lowest BCUT2D eigenvalue weighted by molar-refractivity contribution is 0.677. The van der Waals surface area contributed by atoms with Crippen LogP contribution in [-0.4, -0.2) is 14.7 Å². The summed E-state index contributed by atoms with van der Waals surface area (Å²) in [4.78, 5) is 0. The minimum atomic E-state index is -0.512. The van der Waals surface area contributed by atoms with E-state index in [1.807, 2.05) is 0 Å². The highest BCUT2D eigenvalue weighted by Crippen LogP contribution is 2.21. The third-order valence-electron chi connectivity index (χ3n) is 1.77. The van der Waals surface area contributed by atoms with Crippen molar-refractivity contribution in [3.05, 3.63) is 0 Å². The van der Waals surface area contributed by atoms with Gasteiger partial charge in [-0.1, -0.05) is 13.8 Å². The van der Waals surface area contributed by atoms with E-state index in [9.17, 15) is 4.21 Å². The average molecular weight is 132 g/mol. The highest BCUT2D eigenvalue weighted by atomic mass is 32.2. The molecule has 0 saturated carbocycles. The van der Waals surface area contributed by atoms with E-state index in [1.165, 1.54) is 0 Å². The molecule has 0 spiro atoms. The first-order valence-corrected chi connectivity index (χ1v) is 4.39. The van der Waals surface area contributed by atoms with Crippen LogP contribution >= 0.6 is 0 Å². The van der Waals surface area contributed by atoms with E-state index in [0.717, 1.165) is 12.8 Å². The molecule has 1 aliphatic rings. The Bertz CT molecular complexity index is 99.1. The van der Waals surface area contributed by atoms with Crippen molar-refractivity contribution in [3.8, 4) is 0 Å². The zero-order valence-electron chi connectivity index (χ0n) is 5.39. The van der Waals surface area contributed by atoms with Gasteiger partial charge in [0.05, 0.1) is 0 Å². The maximum absolute atomic E-state index is 11.0. The summed E-state index contributed by atoms with van der Waals surface area (Å²) in [5, 5.41) is 0.926. The lowest BCUT2D eigenvalue weighted by Crippen LogP contribution is -2.08. The number of hydrogen-bond donors (Lipinski definition) is 0. The molecule has 1 nitrogen and oxygen atoms in total. The van der Waals surface area contributed by atoms with Gasteiger partial charge in [-0.05, 0) is 12.8 Å². The van der Waals surface area contributed by atoms with Gasteiger partial charge in [0.1, 0.15) is 0 Å². The first-order chi connectivity index (χ1) is 3.72. The molecule has 0 aromatic heterocycles. The van der Waals surface area contributed by atoms with E-state index in [4.69, 9.17) is 0 Å². The lowest BCUT2D eigenvalue weighted by atomic mass is 10.2. The van der Waals surface area contributed by atoms with Gasteiger partial charge in [0, 0.05) is 21.3 Å². The van der Waals surface area contributed by atoms with E-state index in [2.05, 4.69) is 13.8 Å². The Morgan fingerprint density at radius 2 is 1.62 bits per heavy atom. The Labute approximate surface area is 52.9 Å². The molecule has 8 heavy (non-hydrogen) atoms. The molecule has 0 amide bonds.